The first-order valence-electron chi connectivity index (χ1n) is 8.24. The number of carbonyl (C=O) groups excluding carboxylic acids is 2. The zero-order valence-corrected chi connectivity index (χ0v) is 14.4. The van der Waals surface area contributed by atoms with Gasteiger partial charge in [-0.15, -0.1) is 11.3 Å². The quantitative estimate of drug-likeness (QED) is 0.875. The second-order valence-corrected chi connectivity index (χ2v) is 7.21. The normalized spacial score (nSPS) is 16.0. The Kier molecular flexibility index (Phi) is 6.00. The number of nitrogens with zero attached hydrogens (tertiary/aromatic N) is 1. The third kappa shape index (κ3) is 4.09. The molecule has 0 radical (unpaired) electrons. The van der Waals surface area contributed by atoms with Crippen LogP contribution in [0.4, 0.5) is 0 Å². The summed E-state index contributed by atoms with van der Waals surface area (Å²) >= 11 is 1.66. The number of amides is 2. The summed E-state index contributed by atoms with van der Waals surface area (Å²) in [5.41, 5.74) is 6.57. The number of nitrogens with two attached hydrogens (primary N) is 1. The molecule has 1 aromatic heterocycles. The van der Waals surface area contributed by atoms with Gasteiger partial charge in [0.05, 0.1) is 4.88 Å². The number of primary amides is 1. The van der Waals surface area contributed by atoms with Crippen LogP contribution >= 0.6 is 11.3 Å². The molecule has 0 unspecified atom stereocenters. The van der Waals surface area contributed by atoms with Crippen molar-refractivity contribution >= 4 is 23.2 Å². The second-order valence-electron chi connectivity index (χ2n) is 6.07. The number of thiophene rings is 1. The second kappa shape index (κ2) is 7.77. The summed E-state index contributed by atoms with van der Waals surface area (Å²) in [6.45, 7) is 5.79. The van der Waals surface area contributed by atoms with E-state index in [1.807, 2.05) is 4.90 Å². The molecule has 0 aliphatic carbocycles. The van der Waals surface area contributed by atoms with Crippen LogP contribution < -0.4 is 5.73 Å². The van der Waals surface area contributed by atoms with Crippen LogP contribution in [0.1, 0.15) is 59.6 Å². The van der Waals surface area contributed by atoms with Crippen LogP contribution in [0, 0.1) is 5.92 Å². The summed E-state index contributed by atoms with van der Waals surface area (Å²) in [6, 6.07) is 2.08. The van der Waals surface area contributed by atoms with E-state index in [0.29, 0.717) is 12.3 Å². The molecule has 0 aromatic carbocycles. The molecule has 2 rings (SSSR count). The van der Waals surface area contributed by atoms with E-state index in [0.717, 1.165) is 50.1 Å². The van der Waals surface area contributed by atoms with Gasteiger partial charge in [-0.3, -0.25) is 9.59 Å². The number of hydrogen-bond donors (Lipinski definition) is 1. The van der Waals surface area contributed by atoms with E-state index >= 15 is 0 Å². The molecule has 1 aliphatic heterocycles. The third-order valence-electron chi connectivity index (χ3n) is 4.36. The molecule has 1 aromatic rings. The van der Waals surface area contributed by atoms with Crippen molar-refractivity contribution < 1.29 is 9.59 Å². The molecule has 22 heavy (non-hydrogen) atoms. The highest BCUT2D eigenvalue weighted by Crippen LogP contribution is 2.28. The molecule has 1 saturated heterocycles. The van der Waals surface area contributed by atoms with Gasteiger partial charge in [-0.25, -0.2) is 0 Å². The predicted molar refractivity (Wildman–Crippen MR) is 90.1 cm³/mol. The average Bonchev–Trinajstić information content (AvgIpc) is 2.90. The molecule has 1 fully saturated rings. The van der Waals surface area contributed by atoms with E-state index in [1.165, 1.54) is 10.4 Å². The van der Waals surface area contributed by atoms with Gasteiger partial charge < -0.3 is 10.6 Å². The Hall–Kier alpha value is -1.36. The average molecular weight is 322 g/mol. The molecule has 2 N–H and O–H groups in total. The summed E-state index contributed by atoms with van der Waals surface area (Å²) in [5.74, 6) is 0.256. The Morgan fingerprint density at radius 1 is 1.32 bits per heavy atom. The van der Waals surface area contributed by atoms with E-state index in [-0.39, 0.29) is 11.8 Å². The predicted octanol–water partition coefficient (Wildman–Crippen LogP) is 2.99. The van der Waals surface area contributed by atoms with Gasteiger partial charge in [-0.1, -0.05) is 20.3 Å². The number of carbonyl (C=O) groups is 2. The lowest BCUT2D eigenvalue weighted by atomic mass is 9.93. The third-order valence-corrected chi connectivity index (χ3v) is 5.58. The zero-order valence-electron chi connectivity index (χ0n) is 13.6. The molecule has 122 valence electrons. The minimum absolute atomic E-state index is 0.152. The first-order chi connectivity index (χ1) is 10.5. The van der Waals surface area contributed by atoms with Gasteiger partial charge in [0.2, 0.25) is 5.91 Å². The van der Waals surface area contributed by atoms with Crippen LogP contribution in [0.2, 0.25) is 0 Å². The Morgan fingerprint density at radius 3 is 2.55 bits per heavy atom. The van der Waals surface area contributed by atoms with E-state index in [1.54, 1.807) is 11.3 Å². The highest BCUT2D eigenvalue weighted by Gasteiger charge is 2.26. The molecular formula is C17H26N2O2S. The van der Waals surface area contributed by atoms with Gasteiger partial charge in [0.25, 0.3) is 5.91 Å². The lowest BCUT2D eigenvalue weighted by Gasteiger charge is -2.31. The van der Waals surface area contributed by atoms with Crippen LogP contribution in [0.15, 0.2) is 6.07 Å². The van der Waals surface area contributed by atoms with E-state index in [4.69, 9.17) is 5.73 Å². The van der Waals surface area contributed by atoms with Crippen molar-refractivity contribution in [3.05, 3.63) is 21.4 Å². The molecule has 2 heterocycles. The maximum Gasteiger partial charge on any atom is 0.263 e. The minimum atomic E-state index is -0.236. The maximum atomic E-state index is 12.7. The fourth-order valence-corrected chi connectivity index (χ4v) is 4.41. The first-order valence-corrected chi connectivity index (χ1v) is 9.05. The number of likely N-dealkylation sites (tertiary alicyclic amines) is 1. The lowest BCUT2D eigenvalue weighted by Crippen LogP contribution is -2.39. The molecule has 2 amide bonds. The van der Waals surface area contributed by atoms with E-state index in [2.05, 4.69) is 19.9 Å². The summed E-state index contributed by atoms with van der Waals surface area (Å²) < 4.78 is 0. The molecular weight excluding hydrogens is 296 g/mol. The molecule has 5 heteroatoms. The van der Waals surface area contributed by atoms with Gasteiger partial charge in [0, 0.05) is 24.4 Å². The smallest absolute Gasteiger partial charge is 0.263 e. The lowest BCUT2D eigenvalue weighted by molar-refractivity contribution is -0.119. The van der Waals surface area contributed by atoms with Gasteiger partial charge in [0.15, 0.2) is 0 Å². The number of aryl methyl sites for hydroxylation is 2. The maximum absolute atomic E-state index is 12.7. The van der Waals surface area contributed by atoms with E-state index < -0.39 is 0 Å². The van der Waals surface area contributed by atoms with Crippen molar-refractivity contribution in [2.24, 2.45) is 11.7 Å². The van der Waals surface area contributed by atoms with Crippen LogP contribution in [-0.4, -0.2) is 29.8 Å². The van der Waals surface area contributed by atoms with Gasteiger partial charge in [-0.2, -0.15) is 0 Å². The van der Waals surface area contributed by atoms with Crippen molar-refractivity contribution in [2.45, 2.75) is 52.4 Å². The van der Waals surface area contributed by atoms with Crippen LogP contribution in [0.5, 0.6) is 0 Å². The van der Waals surface area contributed by atoms with Crippen molar-refractivity contribution in [1.29, 1.82) is 0 Å². The Balaban J connectivity index is 1.99. The Labute approximate surface area is 136 Å². The van der Waals surface area contributed by atoms with Gasteiger partial charge in [-0.05, 0) is 43.2 Å². The fourth-order valence-electron chi connectivity index (χ4n) is 3.09. The van der Waals surface area contributed by atoms with Crippen molar-refractivity contribution in [1.82, 2.24) is 4.90 Å². The largest absolute Gasteiger partial charge is 0.370 e. The summed E-state index contributed by atoms with van der Waals surface area (Å²) in [5, 5.41) is 0. The highest BCUT2D eigenvalue weighted by atomic mass is 32.1. The molecule has 4 nitrogen and oxygen atoms in total. The molecule has 0 atom stereocenters. The summed E-state index contributed by atoms with van der Waals surface area (Å²) in [7, 11) is 0. The summed E-state index contributed by atoms with van der Waals surface area (Å²) in [6.07, 6.45) is 5.36. The van der Waals surface area contributed by atoms with E-state index in [9.17, 15) is 9.59 Å². The topological polar surface area (TPSA) is 63.4 Å². The minimum Gasteiger partial charge on any atom is -0.370 e. The monoisotopic (exact) mass is 322 g/mol. The first kappa shape index (κ1) is 17.0. The zero-order chi connectivity index (χ0) is 16.1. The molecule has 0 bridgehead atoms. The summed E-state index contributed by atoms with van der Waals surface area (Å²) in [4.78, 5) is 27.8. The Bertz CT molecular complexity index is 531. The van der Waals surface area contributed by atoms with Crippen molar-refractivity contribution in [2.75, 3.05) is 13.1 Å². The molecule has 0 saturated carbocycles. The SMILES string of the molecule is CCCc1sc(C(=O)N2CCC(CC(N)=O)CC2)cc1CC. The molecule has 0 spiro atoms. The van der Waals surface area contributed by atoms with Crippen molar-refractivity contribution in [3.8, 4) is 0 Å². The van der Waals surface area contributed by atoms with Crippen LogP contribution in [0.3, 0.4) is 0 Å². The van der Waals surface area contributed by atoms with Gasteiger partial charge in [0.1, 0.15) is 0 Å². The van der Waals surface area contributed by atoms with Crippen LogP contribution in [-0.2, 0) is 17.6 Å². The highest BCUT2D eigenvalue weighted by molar-refractivity contribution is 7.14. The number of rotatable bonds is 6. The van der Waals surface area contributed by atoms with Gasteiger partial charge >= 0.3 is 0 Å². The van der Waals surface area contributed by atoms with Crippen molar-refractivity contribution in [3.63, 3.8) is 0 Å². The van der Waals surface area contributed by atoms with Crippen LogP contribution in [0.25, 0.3) is 0 Å². The fraction of sp³-hybridized carbons (Fsp3) is 0.647. The number of piperidine rings is 1. The molecule has 1 aliphatic rings. The number of hydrogen-bond acceptors (Lipinski definition) is 3. The Morgan fingerprint density at radius 2 is 2.00 bits per heavy atom. The standard InChI is InChI=1S/C17H26N2O2S/c1-3-5-14-13(4-2)11-15(22-14)17(21)19-8-6-12(7-9-19)10-16(18)20/h11-12H,3-10H2,1-2H3,(H2,18,20).